The normalized spacial score (nSPS) is 12.0. The Morgan fingerprint density at radius 3 is 2.12 bits per heavy atom. The number of hydrogen-bond donors (Lipinski definition) is 0. The van der Waals surface area contributed by atoms with Gasteiger partial charge < -0.3 is 4.42 Å². The van der Waals surface area contributed by atoms with Crippen LogP contribution in [0.5, 0.6) is 0 Å². The third-order valence-electron chi connectivity index (χ3n) is 9.51. The van der Waals surface area contributed by atoms with Crippen molar-refractivity contribution in [2.24, 2.45) is 0 Å². The number of allylic oxidation sites excluding steroid dienone is 5. The third-order valence-corrected chi connectivity index (χ3v) is 9.51. The van der Waals surface area contributed by atoms with Gasteiger partial charge in [-0.3, -0.25) is 0 Å². The van der Waals surface area contributed by atoms with E-state index in [2.05, 4.69) is 104 Å². The van der Waals surface area contributed by atoms with Gasteiger partial charge in [-0.25, -0.2) is 15.0 Å². The summed E-state index contributed by atoms with van der Waals surface area (Å²) in [7, 11) is 0. The van der Waals surface area contributed by atoms with Gasteiger partial charge in [0.05, 0.1) is 0 Å². The molecule has 2 aromatic heterocycles. The number of hydrogen-bond acceptors (Lipinski definition) is 4. The highest BCUT2D eigenvalue weighted by Crippen LogP contribution is 2.40. The van der Waals surface area contributed by atoms with E-state index < -0.39 is 0 Å². The number of benzene rings is 7. The van der Waals surface area contributed by atoms with Gasteiger partial charge >= 0.3 is 0 Å². The van der Waals surface area contributed by atoms with E-state index in [1.54, 1.807) is 0 Å². The predicted molar refractivity (Wildman–Crippen MR) is 216 cm³/mol. The van der Waals surface area contributed by atoms with E-state index in [1.165, 1.54) is 21.5 Å². The molecule has 0 bridgehead atoms. The first kappa shape index (κ1) is 31.1. The van der Waals surface area contributed by atoms with Crippen molar-refractivity contribution < 1.29 is 4.42 Å². The zero-order chi connectivity index (χ0) is 34.9. The maximum atomic E-state index is 6.53. The molecule has 0 aliphatic heterocycles. The number of nitrogens with zero attached hydrogens (tertiary/aromatic N) is 3. The molecule has 0 unspecified atom stereocenters. The fourth-order valence-electron chi connectivity index (χ4n) is 7.03. The van der Waals surface area contributed by atoms with Crippen LogP contribution in [0.3, 0.4) is 0 Å². The standard InChI is InChI=1S/C48H33N3O/c1-2-14-32(33-15-5-3-6-16-33)20-13-24-45-49-47(35-18-7-4-8-19-35)51-48(50-45)42-30-38(31-44-46(42)41-22-11-12-23-43(41)52-44)36-27-28-40-37(29-36)26-25-34-17-9-10-21-39(34)40/h2-23,25-31H,1,24H2/b20-13-,32-14+. The topological polar surface area (TPSA) is 51.8 Å². The van der Waals surface area contributed by atoms with Crippen molar-refractivity contribution >= 4 is 49.1 Å². The second kappa shape index (κ2) is 13.4. The Kier molecular flexibility index (Phi) is 8.03. The van der Waals surface area contributed by atoms with Crippen LogP contribution in [0, 0.1) is 0 Å². The minimum absolute atomic E-state index is 0.518. The second-order valence-corrected chi connectivity index (χ2v) is 12.8. The summed E-state index contributed by atoms with van der Waals surface area (Å²) in [5.74, 6) is 1.91. The molecule has 7 aromatic carbocycles. The molecule has 4 heteroatoms. The maximum absolute atomic E-state index is 6.53. The molecule has 0 spiro atoms. The molecular weight excluding hydrogens is 635 g/mol. The highest BCUT2D eigenvalue weighted by molar-refractivity contribution is 6.13. The second-order valence-electron chi connectivity index (χ2n) is 12.8. The highest BCUT2D eigenvalue weighted by atomic mass is 16.3. The Hall–Kier alpha value is -6.91. The summed E-state index contributed by atoms with van der Waals surface area (Å²) >= 11 is 0. The average Bonchev–Trinajstić information content (AvgIpc) is 3.59. The van der Waals surface area contributed by atoms with Crippen molar-refractivity contribution in [2.75, 3.05) is 0 Å². The van der Waals surface area contributed by atoms with Crippen LogP contribution in [0.2, 0.25) is 0 Å². The Bertz CT molecular complexity index is 2830. The van der Waals surface area contributed by atoms with Crippen molar-refractivity contribution in [1.29, 1.82) is 0 Å². The Balaban J connectivity index is 1.21. The lowest BCUT2D eigenvalue weighted by Crippen LogP contribution is -2.03. The third kappa shape index (κ3) is 5.86. The van der Waals surface area contributed by atoms with Crippen molar-refractivity contribution in [1.82, 2.24) is 15.0 Å². The molecule has 0 fully saturated rings. The van der Waals surface area contributed by atoms with E-state index in [-0.39, 0.29) is 0 Å². The maximum Gasteiger partial charge on any atom is 0.164 e. The van der Waals surface area contributed by atoms with Gasteiger partial charge in [-0.2, -0.15) is 0 Å². The molecule has 0 atom stereocenters. The predicted octanol–water partition coefficient (Wildman–Crippen LogP) is 12.4. The highest BCUT2D eigenvalue weighted by Gasteiger charge is 2.19. The first-order chi connectivity index (χ1) is 25.7. The van der Waals surface area contributed by atoms with Gasteiger partial charge in [0.2, 0.25) is 0 Å². The first-order valence-corrected chi connectivity index (χ1v) is 17.4. The van der Waals surface area contributed by atoms with Crippen LogP contribution >= 0.6 is 0 Å². The quantitative estimate of drug-likeness (QED) is 0.120. The minimum atomic E-state index is 0.518. The molecule has 9 aromatic rings. The van der Waals surface area contributed by atoms with Crippen LogP contribution in [0.25, 0.3) is 83.0 Å². The summed E-state index contributed by atoms with van der Waals surface area (Å²) in [6.45, 7) is 3.93. The van der Waals surface area contributed by atoms with Crippen molar-refractivity contribution in [3.63, 3.8) is 0 Å². The van der Waals surface area contributed by atoms with Gasteiger partial charge in [-0.15, -0.1) is 0 Å². The van der Waals surface area contributed by atoms with E-state index in [0.717, 1.165) is 55.3 Å². The van der Waals surface area contributed by atoms with Gasteiger partial charge in [-0.1, -0.05) is 158 Å². The molecule has 52 heavy (non-hydrogen) atoms. The van der Waals surface area contributed by atoms with Crippen LogP contribution in [0.15, 0.2) is 187 Å². The monoisotopic (exact) mass is 667 g/mol. The lowest BCUT2D eigenvalue weighted by atomic mass is 9.95. The van der Waals surface area contributed by atoms with Crippen molar-refractivity contribution in [3.8, 4) is 33.9 Å². The molecule has 0 radical (unpaired) electrons. The molecule has 4 nitrogen and oxygen atoms in total. The lowest BCUT2D eigenvalue weighted by Gasteiger charge is -2.11. The van der Waals surface area contributed by atoms with Crippen LogP contribution in [0.4, 0.5) is 0 Å². The number of fused-ring (bicyclic) bond motifs is 6. The van der Waals surface area contributed by atoms with E-state index in [0.29, 0.717) is 23.9 Å². The summed E-state index contributed by atoms with van der Waals surface area (Å²) < 4.78 is 6.53. The Morgan fingerprint density at radius 1 is 0.558 bits per heavy atom. The summed E-state index contributed by atoms with van der Waals surface area (Å²) in [5.41, 5.74) is 7.75. The number of furan rings is 1. The Morgan fingerprint density at radius 2 is 1.27 bits per heavy atom. The number of rotatable bonds is 8. The SMILES string of the molecule is C=C/C=C(\C=C/Cc1nc(-c2ccccc2)nc(-c2cc(-c3ccc4c(ccc5ccccc54)c3)cc3oc4ccccc4c23)n1)c1ccccc1. The van der Waals surface area contributed by atoms with Crippen LogP contribution in [0.1, 0.15) is 11.4 Å². The zero-order valence-electron chi connectivity index (χ0n) is 28.4. The minimum Gasteiger partial charge on any atom is -0.456 e. The first-order valence-electron chi connectivity index (χ1n) is 17.4. The van der Waals surface area contributed by atoms with E-state index in [9.17, 15) is 0 Å². The lowest BCUT2D eigenvalue weighted by molar-refractivity contribution is 0.669. The molecule has 246 valence electrons. The van der Waals surface area contributed by atoms with E-state index in [4.69, 9.17) is 19.4 Å². The van der Waals surface area contributed by atoms with Gasteiger partial charge in [0.15, 0.2) is 11.6 Å². The van der Waals surface area contributed by atoms with Crippen LogP contribution < -0.4 is 0 Å². The molecule has 0 N–H and O–H groups in total. The molecule has 2 heterocycles. The molecule has 0 saturated heterocycles. The van der Waals surface area contributed by atoms with Crippen LogP contribution in [-0.2, 0) is 6.42 Å². The smallest absolute Gasteiger partial charge is 0.164 e. The fraction of sp³-hybridized carbons (Fsp3) is 0.0208. The van der Waals surface area contributed by atoms with E-state index >= 15 is 0 Å². The summed E-state index contributed by atoms with van der Waals surface area (Å²) in [6, 6.07) is 52.5. The fourth-order valence-corrected chi connectivity index (χ4v) is 7.03. The van der Waals surface area contributed by atoms with Crippen molar-refractivity contribution in [2.45, 2.75) is 6.42 Å². The van der Waals surface area contributed by atoms with Gasteiger partial charge in [0.25, 0.3) is 0 Å². The molecule has 9 rings (SSSR count). The molecule has 0 saturated carbocycles. The molecule has 0 amide bonds. The molecule has 0 aliphatic carbocycles. The van der Waals surface area contributed by atoms with Crippen molar-refractivity contribution in [3.05, 3.63) is 194 Å². The van der Waals surface area contributed by atoms with Gasteiger partial charge in [0, 0.05) is 28.3 Å². The summed E-state index contributed by atoms with van der Waals surface area (Å²) in [4.78, 5) is 15.3. The van der Waals surface area contributed by atoms with Gasteiger partial charge in [-0.05, 0) is 68.1 Å². The Labute approximate surface area is 301 Å². The average molecular weight is 668 g/mol. The summed E-state index contributed by atoms with van der Waals surface area (Å²) in [6.07, 6.45) is 8.56. The molecular formula is C48H33N3O. The molecule has 0 aliphatic rings. The summed E-state index contributed by atoms with van der Waals surface area (Å²) in [5, 5.41) is 6.90. The largest absolute Gasteiger partial charge is 0.456 e. The van der Waals surface area contributed by atoms with Crippen LogP contribution in [-0.4, -0.2) is 15.0 Å². The number of para-hydroxylation sites is 1. The van der Waals surface area contributed by atoms with E-state index in [1.807, 2.05) is 78.9 Å². The zero-order valence-corrected chi connectivity index (χ0v) is 28.4. The number of aromatic nitrogens is 3. The van der Waals surface area contributed by atoms with Gasteiger partial charge in [0.1, 0.15) is 17.0 Å².